The number of carbonyl (C=O) groups excluding carboxylic acids is 2. The number of amides is 2. The van der Waals surface area contributed by atoms with E-state index in [1.165, 1.54) is 20.4 Å². The Morgan fingerprint density at radius 1 is 1.13 bits per heavy atom. The van der Waals surface area contributed by atoms with E-state index < -0.39 is 0 Å². The smallest absolute Gasteiger partial charge is 0.257 e. The molecular weight excluding hydrogens is 400 g/mol. The highest BCUT2D eigenvalue weighted by Crippen LogP contribution is 2.33. The lowest BCUT2D eigenvalue weighted by Crippen LogP contribution is -2.38. The van der Waals surface area contributed by atoms with Gasteiger partial charge in [-0.3, -0.25) is 19.5 Å². The van der Waals surface area contributed by atoms with Gasteiger partial charge in [0.2, 0.25) is 0 Å². The first-order chi connectivity index (χ1) is 15.1. The number of hydrogen-bond donors (Lipinski definition) is 2. The minimum absolute atomic E-state index is 0.293. The summed E-state index contributed by atoms with van der Waals surface area (Å²) >= 11 is 0. The van der Waals surface area contributed by atoms with Crippen molar-refractivity contribution in [3.63, 3.8) is 0 Å². The maximum absolute atomic E-state index is 12.9. The quantitative estimate of drug-likeness (QED) is 0.587. The third kappa shape index (κ3) is 6.16. The lowest BCUT2D eigenvalue weighted by Gasteiger charge is -2.26. The number of morpholine rings is 1. The van der Waals surface area contributed by atoms with Crippen molar-refractivity contribution in [1.29, 1.82) is 0 Å². The minimum Gasteiger partial charge on any atom is -0.493 e. The van der Waals surface area contributed by atoms with E-state index >= 15 is 0 Å². The second kappa shape index (κ2) is 11.3. The SMILES string of the molecule is COc1cc(NC(=O)c2cccnc2)c(C(=O)NCCCN2CCOCC2)cc1OC. The lowest BCUT2D eigenvalue weighted by atomic mass is 10.1. The Labute approximate surface area is 181 Å². The molecule has 0 radical (unpaired) electrons. The summed E-state index contributed by atoms with van der Waals surface area (Å²) in [5.41, 5.74) is 1.01. The van der Waals surface area contributed by atoms with E-state index in [1.54, 1.807) is 30.5 Å². The number of nitrogens with one attached hydrogen (secondary N) is 2. The van der Waals surface area contributed by atoms with E-state index in [2.05, 4.69) is 20.5 Å². The van der Waals surface area contributed by atoms with Gasteiger partial charge in [-0.15, -0.1) is 0 Å². The van der Waals surface area contributed by atoms with Crippen LogP contribution in [0.25, 0.3) is 0 Å². The zero-order chi connectivity index (χ0) is 22.1. The normalized spacial score (nSPS) is 14.0. The molecule has 9 nitrogen and oxygen atoms in total. The number of benzene rings is 1. The van der Waals surface area contributed by atoms with Crippen molar-refractivity contribution in [3.05, 3.63) is 47.8 Å². The minimum atomic E-state index is -0.373. The molecule has 1 saturated heterocycles. The number of nitrogens with zero attached hydrogens (tertiary/aromatic N) is 2. The van der Waals surface area contributed by atoms with E-state index in [0.717, 1.165) is 39.3 Å². The van der Waals surface area contributed by atoms with Crippen LogP contribution in [0.4, 0.5) is 5.69 Å². The van der Waals surface area contributed by atoms with E-state index in [-0.39, 0.29) is 11.8 Å². The van der Waals surface area contributed by atoms with Gasteiger partial charge in [0.15, 0.2) is 11.5 Å². The van der Waals surface area contributed by atoms with Crippen LogP contribution in [-0.4, -0.2) is 75.3 Å². The Morgan fingerprint density at radius 3 is 2.55 bits per heavy atom. The van der Waals surface area contributed by atoms with Crippen LogP contribution in [0.3, 0.4) is 0 Å². The molecular formula is C22H28N4O5. The zero-order valence-corrected chi connectivity index (χ0v) is 17.8. The largest absolute Gasteiger partial charge is 0.493 e. The molecule has 0 atom stereocenters. The molecule has 0 unspecified atom stereocenters. The third-order valence-electron chi connectivity index (χ3n) is 4.98. The zero-order valence-electron chi connectivity index (χ0n) is 17.8. The second-order valence-corrected chi connectivity index (χ2v) is 7.01. The number of pyridine rings is 1. The van der Waals surface area contributed by atoms with Gasteiger partial charge >= 0.3 is 0 Å². The molecule has 1 aliphatic heterocycles. The van der Waals surface area contributed by atoms with Crippen LogP contribution in [-0.2, 0) is 4.74 Å². The van der Waals surface area contributed by atoms with Crippen LogP contribution < -0.4 is 20.1 Å². The fraction of sp³-hybridized carbons (Fsp3) is 0.409. The van der Waals surface area contributed by atoms with E-state index in [0.29, 0.717) is 34.9 Å². The Hall–Kier alpha value is -3.17. The third-order valence-corrected chi connectivity index (χ3v) is 4.98. The molecule has 1 aliphatic rings. The first-order valence-electron chi connectivity index (χ1n) is 10.2. The number of ether oxygens (including phenoxy) is 3. The van der Waals surface area contributed by atoms with Gasteiger partial charge in [-0.1, -0.05) is 0 Å². The number of methoxy groups -OCH3 is 2. The molecule has 3 rings (SSSR count). The van der Waals surface area contributed by atoms with Gasteiger partial charge in [0.1, 0.15) is 0 Å². The Balaban J connectivity index is 1.70. The predicted molar refractivity (Wildman–Crippen MR) is 116 cm³/mol. The Bertz CT molecular complexity index is 885. The van der Waals surface area contributed by atoms with Crippen molar-refractivity contribution in [2.45, 2.75) is 6.42 Å². The van der Waals surface area contributed by atoms with E-state index in [9.17, 15) is 9.59 Å². The van der Waals surface area contributed by atoms with Gasteiger partial charge in [-0.05, 0) is 31.2 Å². The molecule has 1 fully saturated rings. The van der Waals surface area contributed by atoms with Crippen LogP contribution >= 0.6 is 0 Å². The monoisotopic (exact) mass is 428 g/mol. The maximum atomic E-state index is 12.9. The summed E-state index contributed by atoms with van der Waals surface area (Å²) < 4.78 is 16.0. The van der Waals surface area contributed by atoms with Crippen LogP contribution in [0.2, 0.25) is 0 Å². The van der Waals surface area contributed by atoms with Crippen molar-refractivity contribution in [2.75, 3.05) is 58.9 Å². The highest BCUT2D eigenvalue weighted by atomic mass is 16.5. The van der Waals surface area contributed by atoms with Crippen molar-refractivity contribution in [1.82, 2.24) is 15.2 Å². The average Bonchev–Trinajstić information content (AvgIpc) is 2.82. The van der Waals surface area contributed by atoms with Crippen LogP contribution in [0, 0.1) is 0 Å². The average molecular weight is 428 g/mol. The van der Waals surface area contributed by atoms with Crippen molar-refractivity contribution >= 4 is 17.5 Å². The number of aromatic nitrogens is 1. The van der Waals surface area contributed by atoms with Crippen molar-refractivity contribution < 1.29 is 23.8 Å². The summed E-state index contributed by atoms with van der Waals surface area (Å²) in [6.45, 7) is 4.72. The summed E-state index contributed by atoms with van der Waals surface area (Å²) in [5, 5.41) is 5.70. The highest BCUT2D eigenvalue weighted by Gasteiger charge is 2.19. The summed E-state index contributed by atoms with van der Waals surface area (Å²) in [4.78, 5) is 31.8. The van der Waals surface area contributed by atoms with Gasteiger partial charge in [0.25, 0.3) is 11.8 Å². The fourth-order valence-electron chi connectivity index (χ4n) is 3.29. The molecule has 0 aliphatic carbocycles. The van der Waals surface area contributed by atoms with Crippen molar-refractivity contribution in [3.8, 4) is 11.5 Å². The number of anilines is 1. The van der Waals surface area contributed by atoms with Crippen LogP contribution in [0.1, 0.15) is 27.1 Å². The summed E-state index contributed by atoms with van der Waals surface area (Å²) in [5.74, 6) is 0.138. The molecule has 166 valence electrons. The molecule has 1 aromatic heterocycles. The number of hydrogen-bond acceptors (Lipinski definition) is 7. The van der Waals surface area contributed by atoms with E-state index in [4.69, 9.17) is 14.2 Å². The summed E-state index contributed by atoms with van der Waals surface area (Å²) in [7, 11) is 2.99. The molecule has 9 heteroatoms. The predicted octanol–water partition coefficient (Wildman–Crippen LogP) is 1.80. The molecule has 0 saturated carbocycles. The summed E-state index contributed by atoms with van der Waals surface area (Å²) in [6.07, 6.45) is 3.86. The molecule has 2 amide bonds. The fourth-order valence-corrected chi connectivity index (χ4v) is 3.29. The maximum Gasteiger partial charge on any atom is 0.257 e. The van der Waals surface area contributed by atoms with Gasteiger partial charge < -0.3 is 24.8 Å². The molecule has 0 bridgehead atoms. The molecule has 2 N–H and O–H groups in total. The first kappa shape index (κ1) is 22.5. The van der Waals surface area contributed by atoms with Gasteiger partial charge in [0, 0.05) is 38.1 Å². The van der Waals surface area contributed by atoms with Gasteiger partial charge in [0.05, 0.1) is 44.2 Å². The van der Waals surface area contributed by atoms with Crippen LogP contribution in [0.15, 0.2) is 36.7 Å². The topological polar surface area (TPSA) is 102 Å². The number of carbonyl (C=O) groups is 2. The molecule has 2 heterocycles. The molecule has 0 spiro atoms. The lowest BCUT2D eigenvalue weighted by molar-refractivity contribution is 0.0374. The van der Waals surface area contributed by atoms with Crippen molar-refractivity contribution in [2.24, 2.45) is 0 Å². The standard InChI is InChI=1S/C22H28N4O5/c1-29-19-13-17(22(28)24-7-4-8-26-9-11-31-12-10-26)18(14-20(19)30-2)25-21(27)16-5-3-6-23-15-16/h3,5-6,13-15H,4,7-12H2,1-2H3,(H,24,28)(H,25,27). The molecule has 2 aromatic rings. The second-order valence-electron chi connectivity index (χ2n) is 7.01. The first-order valence-corrected chi connectivity index (χ1v) is 10.2. The van der Waals surface area contributed by atoms with E-state index in [1.807, 2.05) is 0 Å². The molecule has 1 aromatic carbocycles. The van der Waals surface area contributed by atoms with Gasteiger partial charge in [-0.25, -0.2) is 0 Å². The Kier molecular flexibility index (Phi) is 8.19. The highest BCUT2D eigenvalue weighted by molar-refractivity contribution is 6.09. The summed E-state index contributed by atoms with van der Waals surface area (Å²) in [6, 6.07) is 6.46. The Morgan fingerprint density at radius 2 is 1.87 bits per heavy atom. The number of rotatable bonds is 9. The molecule has 31 heavy (non-hydrogen) atoms. The van der Waals surface area contributed by atoms with Gasteiger partial charge in [-0.2, -0.15) is 0 Å². The van der Waals surface area contributed by atoms with Crippen LogP contribution in [0.5, 0.6) is 11.5 Å².